The van der Waals surface area contributed by atoms with Gasteiger partial charge in [-0.3, -0.25) is 0 Å². The summed E-state index contributed by atoms with van der Waals surface area (Å²) >= 11 is 5.64. The largest absolute Gasteiger partial charge is 0.377 e. The maximum absolute atomic E-state index is 5.64. The van der Waals surface area contributed by atoms with Gasteiger partial charge in [0, 0.05) is 25.1 Å². The van der Waals surface area contributed by atoms with Crippen molar-refractivity contribution < 1.29 is 4.74 Å². The molecule has 1 aliphatic heterocycles. The van der Waals surface area contributed by atoms with E-state index < -0.39 is 0 Å². The van der Waals surface area contributed by atoms with Gasteiger partial charge in [0.15, 0.2) is 0 Å². The minimum Gasteiger partial charge on any atom is -0.377 e. The summed E-state index contributed by atoms with van der Waals surface area (Å²) < 4.78 is 5.64. The van der Waals surface area contributed by atoms with Gasteiger partial charge in [-0.05, 0) is 39.0 Å². The van der Waals surface area contributed by atoms with Gasteiger partial charge >= 0.3 is 0 Å². The van der Waals surface area contributed by atoms with E-state index in [1.807, 2.05) is 0 Å². The van der Waals surface area contributed by atoms with Gasteiger partial charge in [0.2, 0.25) is 0 Å². The van der Waals surface area contributed by atoms with Crippen molar-refractivity contribution in [1.82, 2.24) is 5.32 Å². The van der Waals surface area contributed by atoms with E-state index in [1.54, 1.807) is 0 Å². The highest BCUT2D eigenvalue weighted by molar-refractivity contribution is 6.17. The number of halogens is 1. The maximum Gasteiger partial charge on any atom is 0.0699 e. The Balaban J connectivity index is 2.00. The van der Waals surface area contributed by atoms with Gasteiger partial charge < -0.3 is 10.1 Å². The summed E-state index contributed by atoms with van der Waals surface area (Å²) in [6.45, 7) is 4.17. The van der Waals surface area contributed by atoms with Crippen LogP contribution in [0.1, 0.15) is 39.0 Å². The molecule has 14 heavy (non-hydrogen) atoms. The van der Waals surface area contributed by atoms with E-state index in [2.05, 4.69) is 12.2 Å². The minimum atomic E-state index is 0.446. The molecule has 1 N–H and O–H groups in total. The van der Waals surface area contributed by atoms with Gasteiger partial charge in [0.05, 0.1) is 6.10 Å². The van der Waals surface area contributed by atoms with E-state index >= 15 is 0 Å². The van der Waals surface area contributed by atoms with Crippen molar-refractivity contribution in [3.8, 4) is 0 Å². The van der Waals surface area contributed by atoms with Crippen LogP contribution in [0.5, 0.6) is 0 Å². The number of rotatable bonds is 6. The predicted molar refractivity (Wildman–Crippen MR) is 61.0 cm³/mol. The lowest BCUT2D eigenvalue weighted by molar-refractivity contribution is 0.0155. The normalized spacial score (nSPS) is 24.9. The fourth-order valence-electron chi connectivity index (χ4n) is 1.79. The average molecular weight is 220 g/mol. The van der Waals surface area contributed by atoms with Crippen LogP contribution >= 0.6 is 11.6 Å². The van der Waals surface area contributed by atoms with Crippen LogP contribution in [0.25, 0.3) is 0 Å². The summed E-state index contributed by atoms with van der Waals surface area (Å²) in [5, 5.41) is 3.50. The molecule has 0 aromatic carbocycles. The Morgan fingerprint density at radius 2 is 2.36 bits per heavy atom. The number of nitrogens with one attached hydrogen (secondary N) is 1. The fraction of sp³-hybridized carbons (Fsp3) is 1.00. The Morgan fingerprint density at radius 3 is 3.00 bits per heavy atom. The summed E-state index contributed by atoms with van der Waals surface area (Å²) in [5.74, 6) is 0.770. The van der Waals surface area contributed by atoms with Crippen molar-refractivity contribution in [2.45, 2.75) is 51.2 Å². The Hall–Kier alpha value is 0.210. The van der Waals surface area contributed by atoms with Crippen LogP contribution in [0, 0.1) is 0 Å². The molecule has 2 nitrogen and oxygen atoms in total. The lowest BCUT2D eigenvalue weighted by Crippen LogP contribution is -2.36. The summed E-state index contributed by atoms with van der Waals surface area (Å²) in [6, 6.07) is 0.569. The molecule has 1 heterocycles. The molecule has 0 aromatic heterocycles. The predicted octanol–water partition coefficient (Wildman–Crippen LogP) is 2.55. The number of alkyl halides is 1. The lowest BCUT2D eigenvalue weighted by atomic mass is 10.1. The number of hydrogen-bond donors (Lipinski definition) is 1. The molecule has 0 aromatic rings. The lowest BCUT2D eigenvalue weighted by Gasteiger charge is -2.24. The topological polar surface area (TPSA) is 21.3 Å². The maximum atomic E-state index is 5.64. The third-order valence-corrected chi connectivity index (χ3v) is 3.01. The van der Waals surface area contributed by atoms with Gasteiger partial charge in [-0.1, -0.05) is 0 Å². The second-order valence-electron chi connectivity index (χ2n) is 4.13. The smallest absolute Gasteiger partial charge is 0.0699 e. The molecule has 2 atom stereocenters. The Labute approximate surface area is 92.3 Å². The third kappa shape index (κ3) is 5.18. The first-order chi connectivity index (χ1) is 6.83. The molecule has 2 unspecified atom stereocenters. The van der Waals surface area contributed by atoms with E-state index in [-0.39, 0.29) is 0 Å². The standard InChI is InChI=1S/C11H22ClNO/c1-10(5-4-7-12)13-9-11-6-2-3-8-14-11/h10-11,13H,2-9H2,1H3. The van der Waals surface area contributed by atoms with Crippen molar-refractivity contribution in [3.63, 3.8) is 0 Å². The van der Waals surface area contributed by atoms with E-state index in [1.165, 1.54) is 19.3 Å². The molecule has 1 saturated heterocycles. The van der Waals surface area contributed by atoms with E-state index in [0.717, 1.165) is 31.9 Å². The van der Waals surface area contributed by atoms with Crippen LogP contribution < -0.4 is 5.32 Å². The van der Waals surface area contributed by atoms with Crippen LogP contribution in [0.3, 0.4) is 0 Å². The van der Waals surface area contributed by atoms with Crippen LogP contribution in [-0.4, -0.2) is 31.2 Å². The molecule has 0 saturated carbocycles. The molecule has 0 aliphatic carbocycles. The van der Waals surface area contributed by atoms with Gasteiger partial charge in [0.25, 0.3) is 0 Å². The first-order valence-corrected chi connectivity index (χ1v) is 6.27. The zero-order valence-corrected chi connectivity index (χ0v) is 9.85. The van der Waals surface area contributed by atoms with Crippen LogP contribution in [0.2, 0.25) is 0 Å². The molecule has 1 rings (SSSR count). The summed E-state index contributed by atoms with van der Waals surface area (Å²) in [4.78, 5) is 0. The van der Waals surface area contributed by atoms with Crippen molar-refractivity contribution in [3.05, 3.63) is 0 Å². The summed E-state index contributed by atoms with van der Waals surface area (Å²) in [5.41, 5.74) is 0. The second kappa shape index (κ2) is 7.49. The molecular formula is C11H22ClNO. The highest BCUT2D eigenvalue weighted by Crippen LogP contribution is 2.12. The molecule has 0 radical (unpaired) electrons. The molecular weight excluding hydrogens is 198 g/mol. The quantitative estimate of drug-likeness (QED) is 0.694. The summed E-state index contributed by atoms with van der Waals surface area (Å²) in [7, 11) is 0. The molecule has 0 amide bonds. The molecule has 1 aliphatic rings. The SMILES string of the molecule is CC(CCCCl)NCC1CCCCO1. The zero-order valence-electron chi connectivity index (χ0n) is 9.10. The van der Waals surface area contributed by atoms with Crippen molar-refractivity contribution in [2.75, 3.05) is 19.0 Å². The van der Waals surface area contributed by atoms with Crippen LogP contribution in [0.4, 0.5) is 0 Å². The number of hydrogen-bond acceptors (Lipinski definition) is 2. The van der Waals surface area contributed by atoms with Crippen LogP contribution in [0.15, 0.2) is 0 Å². The third-order valence-electron chi connectivity index (χ3n) is 2.74. The van der Waals surface area contributed by atoms with Gasteiger partial charge in [0.1, 0.15) is 0 Å². The Bertz CT molecular complexity index is 137. The Morgan fingerprint density at radius 1 is 1.50 bits per heavy atom. The first-order valence-electron chi connectivity index (χ1n) is 5.74. The zero-order chi connectivity index (χ0) is 10.2. The highest BCUT2D eigenvalue weighted by atomic mass is 35.5. The fourth-order valence-corrected chi connectivity index (χ4v) is 1.94. The monoisotopic (exact) mass is 219 g/mol. The van der Waals surface area contributed by atoms with Gasteiger partial charge in [-0.15, -0.1) is 11.6 Å². The van der Waals surface area contributed by atoms with Gasteiger partial charge in [-0.25, -0.2) is 0 Å². The molecule has 0 bridgehead atoms. The molecule has 3 heteroatoms. The van der Waals surface area contributed by atoms with Crippen molar-refractivity contribution in [1.29, 1.82) is 0 Å². The van der Waals surface area contributed by atoms with E-state index in [4.69, 9.17) is 16.3 Å². The van der Waals surface area contributed by atoms with Crippen molar-refractivity contribution in [2.24, 2.45) is 0 Å². The van der Waals surface area contributed by atoms with E-state index in [9.17, 15) is 0 Å². The first kappa shape index (κ1) is 12.3. The molecule has 0 spiro atoms. The van der Waals surface area contributed by atoms with E-state index in [0.29, 0.717) is 12.1 Å². The second-order valence-corrected chi connectivity index (χ2v) is 4.51. The van der Waals surface area contributed by atoms with Crippen molar-refractivity contribution >= 4 is 11.6 Å². The molecule has 1 fully saturated rings. The van der Waals surface area contributed by atoms with Gasteiger partial charge in [-0.2, -0.15) is 0 Å². The summed E-state index contributed by atoms with van der Waals surface area (Å²) in [6.07, 6.45) is 6.48. The molecule has 84 valence electrons. The minimum absolute atomic E-state index is 0.446. The average Bonchev–Trinajstić information content (AvgIpc) is 2.25. The van der Waals surface area contributed by atoms with Crippen LogP contribution in [-0.2, 0) is 4.74 Å². The number of ether oxygens (including phenoxy) is 1. The highest BCUT2D eigenvalue weighted by Gasteiger charge is 2.13. The Kier molecular flexibility index (Phi) is 6.57.